The first-order chi connectivity index (χ1) is 7.33. The molecule has 0 aromatic carbocycles. The average molecular weight is 227 g/mol. The molecule has 0 radical (unpaired) electrons. The van der Waals surface area contributed by atoms with Crippen LogP contribution in [0.1, 0.15) is 32.1 Å². The van der Waals surface area contributed by atoms with E-state index in [9.17, 15) is 4.79 Å². The second-order valence-electron chi connectivity index (χ2n) is 3.34. The van der Waals surface area contributed by atoms with E-state index in [0.29, 0.717) is 11.6 Å². The van der Waals surface area contributed by atoms with Gasteiger partial charge in [-0.25, -0.2) is 4.98 Å². The van der Waals surface area contributed by atoms with Gasteiger partial charge in [0.1, 0.15) is 0 Å². The minimum atomic E-state index is 0.0534. The average Bonchev–Trinajstić information content (AvgIpc) is 2.70. The van der Waals surface area contributed by atoms with Gasteiger partial charge in [-0.05, 0) is 19.4 Å². The molecule has 0 aliphatic heterocycles. The Morgan fingerprint density at radius 3 is 2.87 bits per heavy atom. The van der Waals surface area contributed by atoms with E-state index < -0.39 is 0 Å². The highest BCUT2D eigenvalue weighted by molar-refractivity contribution is 7.13. The maximum absolute atomic E-state index is 11.4. The van der Waals surface area contributed by atoms with Crippen LogP contribution in [0.4, 0.5) is 5.13 Å². The van der Waals surface area contributed by atoms with Crippen LogP contribution < -0.4 is 11.1 Å². The Hall–Kier alpha value is -0.940. The Kier molecular flexibility index (Phi) is 5.96. The molecule has 3 N–H and O–H groups in total. The van der Waals surface area contributed by atoms with Crippen molar-refractivity contribution < 1.29 is 4.79 Å². The zero-order valence-electron chi connectivity index (χ0n) is 8.74. The van der Waals surface area contributed by atoms with E-state index in [1.807, 2.05) is 5.38 Å². The molecule has 0 bridgehead atoms. The quantitative estimate of drug-likeness (QED) is 0.700. The molecular formula is C10H17N3OS. The van der Waals surface area contributed by atoms with E-state index in [-0.39, 0.29) is 5.91 Å². The number of hydrogen-bond acceptors (Lipinski definition) is 4. The largest absolute Gasteiger partial charge is 0.330 e. The number of nitrogens with zero attached hydrogens (tertiary/aromatic N) is 1. The molecule has 0 aliphatic rings. The molecule has 1 aromatic heterocycles. The number of rotatable bonds is 7. The van der Waals surface area contributed by atoms with Crippen molar-refractivity contribution in [1.82, 2.24) is 4.98 Å². The molecule has 1 heterocycles. The van der Waals surface area contributed by atoms with E-state index in [1.165, 1.54) is 11.3 Å². The zero-order valence-corrected chi connectivity index (χ0v) is 9.55. The van der Waals surface area contributed by atoms with Crippen LogP contribution in [0.5, 0.6) is 0 Å². The van der Waals surface area contributed by atoms with Gasteiger partial charge < -0.3 is 11.1 Å². The zero-order chi connectivity index (χ0) is 10.9. The van der Waals surface area contributed by atoms with Crippen LogP contribution in [-0.2, 0) is 4.79 Å². The number of carbonyl (C=O) groups is 1. The Morgan fingerprint density at radius 1 is 1.40 bits per heavy atom. The molecule has 84 valence electrons. The lowest BCUT2D eigenvalue weighted by Gasteiger charge is -2.01. The maximum atomic E-state index is 11.4. The number of unbranched alkanes of at least 4 members (excludes halogenated alkanes) is 3. The maximum Gasteiger partial charge on any atom is 0.226 e. The summed E-state index contributed by atoms with van der Waals surface area (Å²) >= 11 is 1.44. The Morgan fingerprint density at radius 2 is 2.20 bits per heavy atom. The van der Waals surface area contributed by atoms with Gasteiger partial charge in [0.2, 0.25) is 5.91 Å². The van der Waals surface area contributed by atoms with Gasteiger partial charge in [0.25, 0.3) is 0 Å². The molecule has 0 saturated carbocycles. The van der Waals surface area contributed by atoms with Crippen molar-refractivity contribution in [3.05, 3.63) is 11.6 Å². The highest BCUT2D eigenvalue weighted by Gasteiger charge is 2.02. The summed E-state index contributed by atoms with van der Waals surface area (Å²) in [4.78, 5) is 15.4. The summed E-state index contributed by atoms with van der Waals surface area (Å²) in [5.41, 5.74) is 5.37. The smallest absolute Gasteiger partial charge is 0.226 e. The summed E-state index contributed by atoms with van der Waals surface area (Å²) in [6.07, 6.45) is 6.42. The van der Waals surface area contributed by atoms with Gasteiger partial charge in [-0.2, -0.15) is 0 Å². The highest BCUT2D eigenvalue weighted by atomic mass is 32.1. The molecule has 4 nitrogen and oxygen atoms in total. The molecule has 0 spiro atoms. The molecule has 0 saturated heterocycles. The minimum absolute atomic E-state index is 0.0534. The summed E-state index contributed by atoms with van der Waals surface area (Å²) in [6.45, 7) is 0.741. The van der Waals surface area contributed by atoms with Crippen molar-refractivity contribution in [3.8, 4) is 0 Å². The van der Waals surface area contributed by atoms with E-state index in [0.717, 1.165) is 32.2 Å². The lowest BCUT2D eigenvalue weighted by atomic mass is 10.1. The first-order valence-electron chi connectivity index (χ1n) is 5.22. The fourth-order valence-electron chi connectivity index (χ4n) is 1.25. The third kappa shape index (κ3) is 5.49. The Labute approximate surface area is 93.9 Å². The number of aromatic nitrogens is 1. The van der Waals surface area contributed by atoms with Gasteiger partial charge in [0.15, 0.2) is 5.13 Å². The monoisotopic (exact) mass is 227 g/mol. The molecule has 0 atom stereocenters. The van der Waals surface area contributed by atoms with Gasteiger partial charge >= 0.3 is 0 Å². The number of thiazole rings is 1. The molecule has 15 heavy (non-hydrogen) atoms. The van der Waals surface area contributed by atoms with Crippen molar-refractivity contribution in [1.29, 1.82) is 0 Å². The van der Waals surface area contributed by atoms with Crippen molar-refractivity contribution in [2.45, 2.75) is 32.1 Å². The molecule has 0 fully saturated rings. The van der Waals surface area contributed by atoms with Crippen LogP contribution >= 0.6 is 11.3 Å². The van der Waals surface area contributed by atoms with Gasteiger partial charge in [0.05, 0.1) is 0 Å². The molecular weight excluding hydrogens is 210 g/mol. The van der Waals surface area contributed by atoms with Crippen LogP contribution in [-0.4, -0.2) is 17.4 Å². The van der Waals surface area contributed by atoms with Crippen molar-refractivity contribution in [2.24, 2.45) is 5.73 Å². The van der Waals surface area contributed by atoms with Crippen LogP contribution in [0, 0.1) is 0 Å². The van der Waals surface area contributed by atoms with E-state index in [4.69, 9.17) is 5.73 Å². The Balaban J connectivity index is 2.04. The predicted octanol–water partition coefficient (Wildman–Crippen LogP) is 1.99. The second-order valence-corrected chi connectivity index (χ2v) is 4.23. The molecule has 5 heteroatoms. The number of carbonyl (C=O) groups excluding carboxylic acids is 1. The highest BCUT2D eigenvalue weighted by Crippen LogP contribution is 2.11. The van der Waals surface area contributed by atoms with Crippen LogP contribution in [0.15, 0.2) is 11.6 Å². The van der Waals surface area contributed by atoms with Crippen LogP contribution in [0.3, 0.4) is 0 Å². The van der Waals surface area contributed by atoms with Crippen LogP contribution in [0.25, 0.3) is 0 Å². The number of nitrogens with one attached hydrogen (secondary N) is 1. The lowest BCUT2D eigenvalue weighted by Crippen LogP contribution is -2.10. The van der Waals surface area contributed by atoms with Gasteiger partial charge in [-0.3, -0.25) is 4.79 Å². The summed E-state index contributed by atoms with van der Waals surface area (Å²) in [5, 5.41) is 5.28. The Bertz CT molecular complexity index is 274. The predicted molar refractivity (Wildman–Crippen MR) is 62.9 cm³/mol. The second kappa shape index (κ2) is 7.36. The number of anilines is 1. The summed E-state index contributed by atoms with van der Waals surface area (Å²) in [7, 11) is 0. The normalized spacial score (nSPS) is 10.2. The molecule has 0 unspecified atom stereocenters. The molecule has 0 aliphatic carbocycles. The van der Waals surface area contributed by atoms with Crippen LogP contribution in [0.2, 0.25) is 0 Å². The third-order valence-electron chi connectivity index (χ3n) is 2.04. The van der Waals surface area contributed by atoms with E-state index in [1.54, 1.807) is 6.20 Å². The minimum Gasteiger partial charge on any atom is -0.330 e. The lowest BCUT2D eigenvalue weighted by molar-refractivity contribution is -0.116. The molecule has 1 aromatic rings. The third-order valence-corrected chi connectivity index (χ3v) is 2.73. The van der Waals surface area contributed by atoms with Gasteiger partial charge in [-0.1, -0.05) is 12.8 Å². The number of hydrogen-bond donors (Lipinski definition) is 2. The molecule has 1 rings (SSSR count). The summed E-state index contributed by atoms with van der Waals surface area (Å²) in [6, 6.07) is 0. The van der Waals surface area contributed by atoms with Gasteiger partial charge in [-0.15, -0.1) is 11.3 Å². The number of amides is 1. The molecule has 1 amide bonds. The fraction of sp³-hybridized carbons (Fsp3) is 0.600. The standard InChI is InChI=1S/C10H17N3OS/c11-6-4-2-1-3-5-9(14)13-10-12-7-8-15-10/h7-8H,1-6,11H2,(H,12,13,14). The van der Waals surface area contributed by atoms with Gasteiger partial charge in [0, 0.05) is 18.0 Å². The first-order valence-corrected chi connectivity index (χ1v) is 6.10. The summed E-state index contributed by atoms with van der Waals surface area (Å²) in [5.74, 6) is 0.0534. The van der Waals surface area contributed by atoms with Crippen molar-refractivity contribution in [2.75, 3.05) is 11.9 Å². The van der Waals surface area contributed by atoms with E-state index >= 15 is 0 Å². The van der Waals surface area contributed by atoms with E-state index in [2.05, 4.69) is 10.3 Å². The fourth-order valence-corrected chi connectivity index (χ4v) is 1.80. The summed E-state index contributed by atoms with van der Waals surface area (Å²) < 4.78 is 0. The SMILES string of the molecule is NCCCCCCC(=O)Nc1nccs1. The van der Waals surface area contributed by atoms with Crippen molar-refractivity contribution >= 4 is 22.4 Å². The topological polar surface area (TPSA) is 68.0 Å². The van der Waals surface area contributed by atoms with Crippen molar-refractivity contribution in [3.63, 3.8) is 0 Å². The number of nitrogens with two attached hydrogens (primary N) is 1. The first kappa shape index (κ1) is 12.1.